The minimum Gasteiger partial charge on any atom is -0.390 e. The van der Waals surface area contributed by atoms with Crippen LogP contribution in [-0.2, 0) is 16.1 Å². The first-order chi connectivity index (χ1) is 19.1. The molecule has 2 atom stereocenters. The third-order valence-electron chi connectivity index (χ3n) is 8.55. The average Bonchev–Trinajstić information content (AvgIpc) is 3.50. The molecule has 2 aromatic heterocycles. The predicted octanol–water partition coefficient (Wildman–Crippen LogP) is 5.18. The van der Waals surface area contributed by atoms with Crippen LogP contribution in [0.5, 0.6) is 0 Å². The summed E-state index contributed by atoms with van der Waals surface area (Å²) in [5, 5.41) is 13.4. The van der Waals surface area contributed by atoms with Crippen LogP contribution in [-0.4, -0.2) is 68.9 Å². The van der Waals surface area contributed by atoms with E-state index >= 15 is 0 Å². The molecule has 2 N–H and O–H groups in total. The van der Waals surface area contributed by atoms with E-state index in [9.17, 15) is 23.1 Å². The molecule has 8 nitrogen and oxygen atoms in total. The number of nitrogens with zero attached hydrogens (tertiary/aromatic N) is 4. The number of anilines is 1. The maximum atomic E-state index is 12.9. The molecule has 3 fully saturated rings. The number of hydrogen-bond donors (Lipinski definition) is 2. The highest BCUT2D eigenvalue weighted by Gasteiger charge is 2.49. The van der Waals surface area contributed by atoms with Crippen LogP contribution in [0.4, 0.5) is 18.3 Å². The van der Waals surface area contributed by atoms with Crippen molar-refractivity contribution < 1.29 is 27.8 Å². The highest BCUT2D eigenvalue weighted by molar-refractivity contribution is 7.22. The number of rotatable bonds is 7. The smallest absolute Gasteiger partial charge is 0.390 e. The van der Waals surface area contributed by atoms with Gasteiger partial charge in [-0.05, 0) is 81.1 Å². The van der Waals surface area contributed by atoms with Crippen molar-refractivity contribution in [1.82, 2.24) is 19.9 Å². The average molecular weight is 576 g/mol. The Labute approximate surface area is 234 Å². The summed E-state index contributed by atoms with van der Waals surface area (Å²) < 4.78 is 44.7. The van der Waals surface area contributed by atoms with Crippen molar-refractivity contribution in [2.24, 2.45) is 11.3 Å². The molecule has 1 amide bonds. The SMILES string of the molecule is O=C(Nc1nc2ccc(-c3cnc(CO[C@H]4CCC[C@@H]4O)nc3)cc2s1)C1CC2(CCN(CC(F)(F)F)CC2)C1. The van der Waals surface area contributed by atoms with Crippen molar-refractivity contribution >= 4 is 32.6 Å². The van der Waals surface area contributed by atoms with Crippen LogP contribution < -0.4 is 5.32 Å². The quantitative estimate of drug-likeness (QED) is 0.401. The van der Waals surface area contributed by atoms with Crippen LogP contribution in [0.1, 0.15) is 50.8 Å². The number of hydrogen-bond acceptors (Lipinski definition) is 8. The monoisotopic (exact) mass is 575 g/mol. The number of carbonyl (C=O) groups excluding carboxylic acids is 1. The van der Waals surface area contributed by atoms with E-state index in [-0.39, 0.29) is 30.0 Å². The van der Waals surface area contributed by atoms with Crippen LogP contribution in [0.3, 0.4) is 0 Å². The molecule has 12 heteroatoms. The molecule has 40 heavy (non-hydrogen) atoms. The lowest BCUT2D eigenvalue weighted by Gasteiger charge is -2.51. The van der Waals surface area contributed by atoms with E-state index in [1.54, 1.807) is 12.4 Å². The second-order valence-corrected chi connectivity index (χ2v) is 12.5. The lowest BCUT2D eigenvalue weighted by Crippen LogP contribution is -2.51. The maximum Gasteiger partial charge on any atom is 0.401 e. The van der Waals surface area contributed by atoms with Gasteiger partial charge < -0.3 is 15.2 Å². The zero-order valence-electron chi connectivity index (χ0n) is 22.0. The van der Waals surface area contributed by atoms with E-state index in [1.165, 1.54) is 16.2 Å². The van der Waals surface area contributed by atoms with Crippen molar-refractivity contribution in [3.05, 3.63) is 36.4 Å². The minimum absolute atomic E-state index is 0.00585. The molecule has 1 aromatic carbocycles. The molecule has 3 aliphatic rings. The summed E-state index contributed by atoms with van der Waals surface area (Å²) in [6.07, 6.45) is 4.21. The summed E-state index contributed by atoms with van der Waals surface area (Å²) in [4.78, 5) is 27.7. The Hall–Kier alpha value is -2.67. The molecule has 2 saturated carbocycles. The fraction of sp³-hybridized carbons (Fsp3) is 0.571. The summed E-state index contributed by atoms with van der Waals surface area (Å²) >= 11 is 1.40. The number of aliphatic hydroxyl groups excluding tert-OH is 1. The van der Waals surface area contributed by atoms with Crippen molar-refractivity contribution in [1.29, 1.82) is 0 Å². The normalized spacial score (nSPS) is 23.5. The van der Waals surface area contributed by atoms with Crippen LogP contribution in [0, 0.1) is 11.3 Å². The number of halogens is 3. The first kappa shape index (κ1) is 27.5. The summed E-state index contributed by atoms with van der Waals surface area (Å²) in [7, 11) is 0. The molecule has 2 aliphatic carbocycles. The molecule has 6 rings (SSSR count). The van der Waals surface area contributed by atoms with Gasteiger partial charge in [0, 0.05) is 23.9 Å². The first-order valence-electron chi connectivity index (χ1n) is 13.8. The number of benzene rings is 1. The van der Waals surface area contributed by atoms with Crippen molar-refractivity contribution in [3.63, 3.8) is 0 Å². The first-order valence-corrected chi connectivity index (χ1v) is 14.6. The largest absolute Gasteiger partial charge is 0.401 e. The van der Waals surface area contributed by atoms with Crippen LogP contribution >= 0.6 is 11.3 Å². The summed E-state index contributed by atoms with van der Waals surface area (Å²) in [6.45, 7) is 0.268. The zero-order valence-corrected chi connectivity index (χ0v) is 22.8. The van der Waals surface area contributed by atoms with Crippen molar-refractivity contribution in [3.8, 4) is 11.1 Å². The zero-order chi connectivity index (χ0) is 27.9. The van der Waals surface area contributed by atoms with E-state index in [0.29, 0.717) is 36.9 Å². The van der Waals surface area contributed by atoms with E-state index < -0.39 is 18.8 Å². The molecule has 0 unspecified atom stereocenters. The third kappa shape index (κ3) is 6.14. The Morgan fingerprint density at radius 1 is 1.15 bits per heavy atom. The summed E-state index contributed by atoms with van der Waals surface area (Å²) in [5.74, 6) is 0.364. The van der Waals surface area contributed by atoms with Gasteiger partial charge >= 0.3 is 6.18 Å². The van der Waals surface area contributed by atoms with Gasteiger partial charge in [0.25, 0.3) is 0 Å². The van der Waals surface area contributed by atoms with Crippen molar-refractivity contribution in [2.75, 3.05) is 25.0 Å². The Morgan fingerprint density at radius 2 is 1.90 bits per heavy atom. The molecule has 3 heterocycles. The van der Waals surface area contributed by atoms with Gasteiger partial charge in [0.1, 0.15) is 6.61 Å². The number of thiazole rings is 1. The summed E-state index contributed by atoms with van der Waals surface area (Å²) in [5.41, 5.74) is 2.57. The van der Waals surface area contributed by atoms with Crippen LogP contribution in [0.15, 0.2) is 30.6 Å². The minimum atomic E-state index is -4.17. The molecule has 1 spiro atoms. The number of ether oxygens (including phenoxy) is 1. The van der Waals surface area contributed by atoms with E-state index in [1.807, 2.05) is 18.2 Å². The van der Waals surface area contributed by atoms with Gasteiger partial charge in [-0.25, -0.2) is 15.0 Å². The number of piperidine rings is 1. The highest BCUT2D eigenvalue weighted by Crippen LogP contribution is 2.53. The summed E-state index contributed by atoms with van der Waals surface area (Å²) in [6, 6.07) is 5.85. The number of fused-ring (bicyclic) bond motifs is 1. The van der Waals surface area contributed by atoms with Gasteiger partial charge in [-0.2, -0.15) is 13.2 Å². The van der Waals surface area contributed by atoms with Crippen molar-refractivity contribution in [2.45, 2.75) is 69.9 Å². The van der Waals surface area contributed by atoms with E-state index in [2.05, 4.69) is 20.3 Å². The predicted molar refractivity (Wildman–Crippen MR) is 145 cm³/mol. The lowest BCUT2D eigenvalue weighted by atomic mass is 9.57. The fourth-order valence-electron chi connectivity index (χ4n) is 6.24. The molecule has 214 valence electrons. The second kappa shape index (κ2) is 11.0. The molecular weight excluding hydrogens is 543 g/mol. The van der Waals surface area contributed by atoms with Gasteiger partial charge in [0.05, 0.1) is 29.0 Å². The number of amides is 1. The van der Waals surface area contributed by atoms with Crippen LogP contribution in [0.25, 0.3) is 21.3 Å². The van der Waals surface area contributed by atoms with Gasteiger partial charge in [0.15, 0.2) is 11.0 Å². The second-order valence-electron chi connectivity index (χ2n) is 11.4. The lowest BCUT2D eigenvalue weighted by molar-refractivity contribution is -0.155. The Kier molecular flexibility index (Phi) is 7.53. The number of nitrogens with one attached hydrogen (secondary N) is 1. The van der Waals surface area contributed by atoms with Gasteiger partial charge in [-0.3, -0.25) is 9.69 Å². The number of aliphatic hydroxyl groups is 1. The Balaban J connectivity index is 1.02. The number of aromatic nitrogens is 3. The van der Waals surface area contributed by atoms with Gasteiger partial charge in [0.2, 0.25) is 5.91 Å². The number of alkyl halides is 3. The Morgan fingerprint density at radius 3 is 2.58 bits per heavy atom. The maximum absolute atomic E-state index is 12.9. The highest BCUT2D eigenvalue weighted by atomic mass is 32.1. The molecule has 1 aliphatic heterocycles. The van der Waals surface area contributed by atoms with E-state index in [0.717, 1.165) is 53.4 Å². The van der Waals surface area contributed by atoms with Crippen LogP contribution in [0.2, 0.25) is 0 Å². The standard InChI is InChI=1S/C28H32F3N5O3S/c29-28(30,31)16-36-8-6-27(7-9-36)11-18(12-27)25(38)35-26-34-20-5-4-17(10-23(20)40-26)19-13-32-24(33-14-19)15-39-22-3-1-2-21(22)37/h4-5,10,13-14,18,21-22,37H,1-3,6-9,11-12,15-16H2,(H,34,35,38)/t21-,22-/m0/s1. The fourth-order valence-corrected chi connectivity index (χ4v) is 7.15. The molecule has 1 saturated heterocycles. The van der Waals surface area contributed by atoms with E-state index in [4.69, 9.17) is 4.74 Å². The Bertz CT molecular complexity index is 1350. The topological polar surface area (TPSA) is 100 Å². The van der Waals surface area contributed by atoms with Gasteiger partial charge in [-0.1, -0.05) is 17.4 Å². The number of carbonyl (C=O) groups is 1. The third-order valence-corrected chi connectivity index (χ3v) is 9.48. The molecular formula is C28H32F3N5O3S. The molecule has 0 bridgehead atoms. The molecule has 3 aromatic rings. The number of likely N-dealkylation sites (tertiary alicyclic amines) is 1. The van der Waals surface area contributed by atoms with Gasteiger partial charge in [-0.15, -0.1) is 0 Å². The molecule has 0 radical (unpaired) electrons.